The zero-order valence-corrected chi connectivity index (χ0v) is 14.4. The summed E-state index contributed by atoms with van der Waals surface area (Å²) in [5.74, 6) is -0.883. The molecule has 1 atom stereocenters. The fourth-order valence-corrected chi connectivity index (χ4v) is 2.80. The van der Waals surface area contributed by atoms with E-state index in [-0.39, 0.29) is 18.0 Å². The van der Waals surface area contributed by atoms with Crippen molar-refractivity contribution >= 4 is 28.9 Å². The van der Waals surface area contributed by atoms with Gasteiger partial charge in [-0.3, -0.25) is 14.6 Å². The van der Waals surface area contributed by atoms with E-state index in [9.17, 15) is 9.59 Å². The van der Waals surface area contributed by atoms with E-state index in [1.54, 1.807) is 13.2 Å². The molecule has 0 aliphatic carbocycles. The van der Waals surface area contributed by atoms with Gasteiger partial charge in [0.15, 0.2) is 0 Å². The normalized spacial score (nSPS) is 16.3. The molecule has 1 aliphatic heterocycles. The molecular weight excluding hydrogens is 332 g/mol. The Morgan fingerprint density at radius 1 is 1.23 bits per heavy atom. The molecule has 2 aromatic rings. The number of methoxy groups -OCH3 is 1. The quantitative estimate of drug-likeness (QED) is 0.830. The van der Waals surface area contributed by atoms with Gasteiger partial charge in [0.25, 0.3) is 5.91 Å². The van der Waals surface area contributed by atoms with Gasteiger partial charge in [-0.05, 0) is 29.8 Å². The second-order valence-electron chi connectivity index (χ2n) is 5.94. The van der Waals surface area contributed by atoms with Gasteiger partial charge >= 0.3 is 0 Å². The zero-order chi connectivity index (χ0) is 18.5. The van der Waals surface area contributed by atoms with Crippen LogP contribution in [0.3, 0.4) is 0 Å². The second-order valence-corrected chi connectivity index (χ2v) is 5.94. The largest absolute Gasteiger partial charge is 0.380 e. The Balaban J connectivity index is 1.79. The molecule has 0 spiro atoms. The summed E-state index contributed by atoms with van der Waals surface area (Å²) in [6.07, 6.45) is 0.161. The molecule has 1 heterocycles. The summed E-state index contributed by atoms with van der Waals surface area (Å²) in [5.41, 5.74) is 8.05. The first-order valence-electron chi connectivity index (χ1n) is 8.19. The number of benzene rings is 2. The van der Waals surface area contributed by atoms with Crippen LogP contribution < -0.4 is 16.1 Å². The average molecular weight is 352 g/mol. The number of rotatable bonds is 6. The highest BCUT2D eigenvalue weighted by Gasteiger charge is 2.34. The fraction of sp³-hybridized carbons (Fsp3) is 0.211. The van der Waals surface area contributed by atoms with Gasteiger partial charge < -0.3 is 15.8 Å². The number of hydrazone groups is 1. The zero-order valence-electron chi connectivity index (χ0n) is 14.4. The minimum atomic E-state index is -0.682. The van der Waals surface area contributed by atoms with Crippen LogP contribution in [0.1, 0.15) is 12.0 Å². The van der Waals surface area contributed by atoms with Crippen molar-refractivity contribution in [1.82, 2.24) is 0 Å². The molecule has 2 aromatic carbocycles. The van der Waals surface area contributed by atoms with Crippen LogP contribution in [0.4, 0.5) is 11.4 Å². The third-order valence-electron chi connectivity index (χ3n) is 4.02. The fourth-order valence-electron chi connectivity index (χ4n) is 2.80. The Morgan fingerprint density at radius 2 is 2.00 bits per heavy atom. The molecule has 134 valence electrons. The topological polar surface area (TPSA) is 97.0 Å². The van der Waals surface area contributed by atoms with Crippen molar-refractivity contribution in [2.75, 3.05) is 17.4 Å². The molecule has 0 fully saturated rings. The smallest absolute Gasteiger partial charge is 0.271 e. The lowest BCUT2D eigenvalue weighted by Gasteiger charge is -2.20. The standard InChI is InChI=1S/C19H20N4O3/c1-26-12-13-6-5-7-14(10-13)21-19(25)16-11-17(18(20)24)23(22-16)15-8-3-2-4-9-15/h2-10,17H,11-12H2,1H3,(H2,20,24)(H,21,25). The van der Waals surface area contributed by atoms with E-state index in [4.69, 9.17) is 10.5 Å². The molecule has 7 nitrogen and oxygen atoms in total. The predicted molar refractivity (Wildman–Crippen MR) is 99.7 cm³/mol. The first-order valence-corrected chi connectivity index (χ1v) is 8.19. The van der Waals surface area contributed by atoms with Crippen molar-refractivity contribution in [3.63, 3.8) is 0 Å². The Labute approximate surface area is 151 Å². The lowest BCUT2D eigenvalue weighted by atomic mass is 10.1. The van der Waals surface area contributed by atoms with Crippen LogP contribution in [0.25, 0.3) is 0 Å². The van der Waals surface area contributed by atoms with Gasteiger partial charge in [-0.1, -0.05) is 30.3 Å². The highest BCUT2D eigenvalue weighted by Crippen LogP contribution is 2.24. The van der Waals surface area contributed by atoms with Crippen molar-refractivity contribution in [3.05, 3.63) is 60.2 Å². The number of hydrogen-bond donors (Lipinski definition) is 2. The maximum atomic E-state index is 12.6. The number of nitrogens with zero attached hydrogens (tertiary/aromatic N) is 2. The lowest BCUT2D eigenvalue weighted by molar-refractivity contribution is -0.119. The van der Waals surface area contributed by atoms with Crippen molar-refractivity contribution in [2.45, 2.75) is 19.1 Å². The van der Waals surface area contributed by atoms with E-state index < -0.39 is 11.9 Å². The Morgan fingerprint density at radius 3 is 2.69 bits per heavy atom. The van der Waals surface area contributed by atoms with Gasteiger partial charge in [0.05, 0.1) is 12.3 Å². The number of ether oxygens (including phenoxy) is 1. The monoisotopic (exact) mass is 352 g/mol. The molecule has 0 saturated carbocycles. The molecule has 3 N–H and O–H groups in total. The van der Waals surface area contributed by atoms with Crippen LogP contribution >= 0.6 is 0 Å². The van der Waals surface area contributed by atoms with Gasteiger partial charge in [-0.15, -0.1) is 0 Å². The van der Waals surface area contributed by atoms with E-state index in [0.717, 1.165) is 5.56 Å². The Hall–Kier alpha value is -3.19. The summed E-state index contributed by atoms with van der Waals surface area (Å²) < 4.78 is 5.10. The molecule has 26 heavy (non-hydrogen) atoms. The van der Waals surface area contributed by atoms with Gasteiger partial charge in [-0.2, -0.15) is 5.10 Å². The number of carbonyl (C=O) groups excluding carboxylic acids is 2. The number of anilines is 2. The maximum Gasteiger partial charge on any atom is 0.271 e. The molecule has 2 amide bonds. The van der Waals surface area contributed by atoms with Gasteiger partial charge in [-0.25, -0.2) is 0 Å². The third-order valence-corrected chi connectivity index (χ3v) is 4.02. The molecular formula is C19H20N4O3. The van der Waals surface area contributed by atoms with Gasteiger partial charge in [0.2, 0.25) is 5.91 Å². The minimum absolute atomic E-state index is 0.161. The van der Waals surface area contributed by atoms with Crippen molar-refractivity contribution in [1.29, 1.82) is 0 Å². The highest BCUT2D eigenvalue weighted by atomic mass is 16.5. The van der Waals surface area contributed by atoms with Crippen LogP contribution in [0.5, 0.6) is 0 Å². The summed E-state index contributed by atoms with van der Waals surface area (Å²) >= 11 is 0. The molecule has 7 heteroatoms. The molecule has 0 saturated heterocycles. The Kier molecular flexibility index (Phi) is 5.28. The van der Waals surface area contributed by atoms with Crippen LogP contribution in [-0.2, 0) is 20.9 Å². The lowest BCUT2D eigenvalue weighted by Crippen LogP contribution is -2.39. The highest BCUT2D eigenvalue weighted by molar-refractivity contribution is 6.44. The summed E-state index contributed by atoms with van der Waals surface area (Å²) in [6, 6.07) is 15.8. The van der Waals surface area contributed by atoms with Gasteiger partial charge in [0, 0.05) is 19.2 Å². The SMILES string of the molecule is COCc1cccc(NC(=O)C2=NN(c3ccccc3)C(C(N)=O)C2)c1. The van der Waals surface area contributed by atoms with Crippen LogP contribution in [0.2, 0.25) is 0 Å². The predicted octanol–water partition coefficient (Wildman–Crippen LogP) is 1.89. The van der Waals surface area contributed by atoms with Gasteiger partial charge in [0.1, 0.15) is 11.8 Å². The molecule has 0 aromatic heterocycles. The van der Waals surface area contributed by atoms with Crippen molar-refractivity contribution < 1.29 is 14.3 Å². The molecule has 0 bridgehead atoms. The Bertz CT molecular complexity index is 836. The van der Waals surface area contributed by atoms with Crippen LogP contribution in [0, 0.1) is 0 Å². The minimum Gasteiger partial charge on any atom is -0.380 e. The first-order chi connectivity index (χ1) is 12.6. The third kappa shape index (κ3) is 3.89. The van der Waals surface area contributed by atoms with E-state index in [0.29, 0.717) is 18.0 Å². The number of carbonyl (C=O) groups is 2. The molecule has 1 unspecified atom stereocenters. The van der Waals surface area contributed by atoms with E-state index in [2.05, 4.69) is 10.4 Å². The summed E-state index contributed by atoms with van der Waals surface area (Å²) in [5, 5.41) is 8.64. The first kappa shape index (κ1) is 17.6. The number of para-hydroxylation sites is 1. The number of primary amides is 1. The van der Waals surface area contributed by atoms with E-state index in [1.165, 1.54) is 5.01 Å². The van der Waals surface area contributed by atoms with Crippen molar-refractivity contribution in [3.8, 4) is 0 Å². The number of nitrogens with two attached hydrogens (primary N) is 1. The maximum absolute atomic E-state index is 12.6. The van der Waals surface area contributed by atoms with Crippen LogP contribution in [0.15, 0.2) is 59.7 Å². The summed E-state index contributed by atoms with van der Waals surface area (Å²) in [4.78, 5) is 24.4. The number of nitrogens with one attached hydrogen (secondary N) is 1. The van der Waals surface area contributed by atoms with Crippen LogP contribution in [-0.4, -0.2) is 30.7 Å². The molecule has 0 radical (unpaired) electrons. The average Bonchev–Trinajstić information content (AvgIpc) is 3.09. The number of amides is 2. The molecule has 1 aliphatic rings. The summed E-state index contributed by atoms with van der Waals surface area (Å²) in [7, 11) is 1.61. The van der Waals surface area contributed by atoms with E-state index in [1.807, 2.05) is 48.5 Å². The summed E-state index contributed by atoms with van der Waals surface area (Å²) in [6.45, 7) is 0.455. The number of hydrogen-bond acceptors (Lipinski definition) is 5. The van der Waals surface area contributed by atoms with E-state index >= 15 is 0 Å². The van der Waals surface area contributed by atoms with Crippen molar-refractivity contribution in [2.24, 2.45) is 10.8 Å². The molecule has 3 rings (SSSR count). The second kappa shape index (κ2) is 7.79.